The fraction of sp³-hybridized carbons (Fsp3) is 0.364. The predicted molar refractivity (Wildman–Crippen MR) is 108 cm³/mol. The van der Waals surface area contributed by atoms with Crippen LogP contribution in [0.25, 0.3) is 17.0 Å². The lowest BCUT2D eigenvalue weighted by molar-refractivity contribution is 0.0994. The fourth-order valence-electron chi connectivity index (χ4n) is 3.79. The molecule has 1 amide bonds. The molecule has 3 N–H and O–H groups in total. The van der Waals surface area contributed by atoms with Gasteiger partial charge in [-0.2, -0.15) is 0 Å². The molecule has 3 aliphatic rings. The lowest BCUT2D eigenvalue weighted by atomic mass is 9.86. The summed E-state index contributed by atoms with van der Waals surface area (Å²) in [6.07, 6.45) is 2.81. The van der Waals surface area contributed by atoms with Crippen molar-refractivity contribution in [2.75, 3.05) is 14.1 Å². The molecule has 0 saturated heterocycles. The molecule has 1 aromatic heterocycles. The van der Waals surface area contributed by atoms with Crippen molar-refractivity contribution >= 4 is 11.5 Å². The second kappa shape index (κ2) is 6.55. The van der Waals surface area contributed by atoms with Crippen LogP contribution in [0.3, 0.4) is 0 Å². The number of allylic oxidation sites excluding steroid dienone is 2. The van der Waals surface area contributed by atoms with Crippen LogP contribution in [-0.2, 0) is 6.54 Å². The van der Waals surface area contributed by atoms with E-state index < -0.39 is 17.3 Å². The summed E-state index contributed by atoms with van der Waals surface area (Å²) in [4.78, 5) is 18.6. The number of nitrogens with zero attached hydrogens (tertiary/aromatic N) is 3. The van der Waals surface area contributed by atoms with Crippen molar-refractivity contribution in [3.8, 4) is 23.2 Å². The third-order valence-electron chi connectivity index (χ3n) is 5.06. The molecular formula is C22H23FN4O2. The van der Waals surface area contributed by atoms with Crippen molar-refractivity contribution in [3.63, 3.8) is 0 Å². The predicted octanol–water partition coefficient (Wildman–Crippen LogP) is 2.31. The Morgan fingerprint density at radius 1 is 1.41 bits per heavy atom. The van der Waals surface area contributed by atoms with Gasteiger partial charge in [0.05, 0.1) is 17.3 Å². The Morgan fingerprint density at radius 3 is 2.69 bits per heavy atom. The molecule has 150 valence electrons. The van der Waals surface area contributed by atoms with Gasteiger partial charge in [0.1, 0.15) is 17.2 Å². The minimum atomic E-state index is -1.24. The van der Waals surface area contributed by atoms with E-state index in [-0.39, 0.29) is 17.3 Å². The zero-order valence-corrected chi connectivity index (χ0v) is 16.9. The quantitative estimate of drug-likeness (QED) is 0.783. The minimum Gasteiger partial charge on any atom is -0.378 e. The van der Waals surface area contributed by atoms with Crippen molar-refractivity contribution < 1.29 is 14.3 Å². The van der Waals surface area contributed by atoms with Gasteiger partial charge in [-0.05, 0) is 57.6 Å². The molecule has 1 aliphatic carbocycles. The van der Waals surface area contributed by atoms with Crippen LogP contribution in [0.5, 0.6) is 0 Å². The van der Waals surface area contributed by atoms with E-state index in [0.29, 0.717) is 17.9 Å². The number of rotatable bonds is 3. The first-order valence-electron chi connectivity index (χ1n) is 9.41. The number of carbonyl (C=O) groups excluding carboxylic acids is 1. The summed E-state index contributed by atoms with van der Waals surface area (Å²) < 4.78 is 16.7. The lowest BCUT2D eigenvalue weighted by Crippen LogP contribution is -2.23. The van der Waals surface area contributed by atoms with Gasteiger partial charge in [-0.1, -0.05) is 17.9 Å². The number of imidazole rings is 1. The van der Waals surface area contributed by atoms with Gasteiger partial charge in [0.25, 0.3) is 5.91 Å². The number of nitrogens with two attached hydrogens (primary N) is 1. The van der Waals surface area contributed by atoms with Crippen molar-refractivity contribution in [1.29, 1.82) is 0 Å². The smallest absolute Gasteiger partial charge is 0.269 e. The SMILES string of the molecule is CN(C)Cc1c(C(N)=O)nc2n1C1C=C(C1)c1cc(F)c(C#CC(C)(C)O)cc1-2. The number of primary amides is 1. The number of carbonyl (C=O) groups is 1. The molecule has 2 aliphatic heterocycles. The summed E-state index contributed by atoms with van der Waals surface area (Å²) >= 11 is 0. The molecule has 2 aromatic rings. The summed E-state index contributed by atoms with van der Waals surface area (Å²) in [5.74, 6) is 4.93. The van der Waals surface area contributed by atoms with Gasteiger partial charge in [0.2, 0.25) is 0 Å². The lowest BCUT2D eigenvalue weighted by Gasteiger charge is -2.27. The summed E-state index contributed by atoms with van der Waals surface area (Å²) in [5, 5.41) is 9.87. The number of benzene rings is 1. The van der Waals surface area contributed by atoms with E-state index in [9.17, 15) is 14.3 Å². The molecule has 3 heterocycles. The zero-order valence-electron chi connectivity index (χ0n) is 16.9. The Balaban J connectivity index is 1.96. The molecule has 5 rings (SSSR count). The maximum atomic E-state index is 14.7. The van der Waals surface area contributed by atoms with Crippen LogP contribution in [0.1, 0.15) is 53.6 Å². The van der Waals surface area contributed by atoms with Gasteiger partial charge in [-0.25, -0.2) is 9.37 Å². The Morgan fingerprint density at radius 2 is 2.10 bits per heavy atom. The van der Waals surface area contributed by atoms with Crippen LogP contribution in [0.15, 0.2) is 18.2 Å². The average molecular weight is 394 g/mol. The van der Waals surface area contributed by atoms with Gasteiger partial charge < -0.3 is 20.3 Å². The zero-order chi connectivity index (χ0) is 21.1. The van der Waals surface area contributed by atoms with Crippen LogP contribution in [0.4, 0.5) is 4.39 Å². The standard InChI is InChI=1S/C22H23FN4O2/c1-22(2,29)6-5-12-9-16-15(10-17(12)23)13-7-14(8-13)27-18(11-26(3)4)19(20(24)28)25-21(16)27/h7,9-10,14,29H,8,11H2,1-4H3,(H2,24,28). The first kappa shape index (κ1) is 19.4. The van der Waals surface area contributed by atoms with Crippen molar-refractivity contribution in [3.05, 3.63) is 46.5 Å². The van der Waals surface area contributed by atoms with Gasteiger partial charge in [0.15, 0.2) is 5.69 Å². The van der Waals surface area contributed by atoms with Gasteiger partial charge >= 0.3 is 0 Å². The molecule has 29 heavy (non-hydrogen) atoms. The van der Waals surface area contributed by atoms with Crippen LogP contribution in [-0.4, -0.2) is 45.2 Å². The number of aliphatic hydroxyl groups is 1. The van der Waals surface area contributed by atoms with Gasteiger partial charge in [-0.3, -0.25) is 4.79 Å². The summed E-state index contributed by atoms with van der Waals surface area (Å²) in [5.41, 5.74) is 8.05. The van der Waals surface area contributed by atoms with E-state index in [1.54, 1.807) is 19.9 Å². The molecule has 1 unspecified atom stereocenters. The normalized spacial score (nSPS) is 16.8. The van der Waals surface area contributed by atoms with E-state index in [1.165, 1.54) is 6.07 Å². The fourth-order valence-corrected chi connectivity index (χ4v) is 3.79. The Bertz CT molecular complexity index is 1130. The average Bonchev–Trinajstić information content (AvgIpc) is 2.78. The second-order valence-electron chi connectivity index (χ2n) is 8.35. The monoisotopic (exact) mass is 394 g/mol. The molecular weight excluding hydrogens is 371 g/mol. The molecule has 1 atom stereocenters. The van der Waals surface area contributed by atoms with Crippen molar-refractivity contribution in [1.82, 2.24) is 14.5 Å². The summed E-state index contributed by atoms with van der Waals surface area (Å²) in [6, 6.07) is 3.16. The van der Waals surface area contributed by atoms with E-state index in [4.69, 9.17) is 5.73 Å². The molecule has 6 nitrogen and oxygen atoms in total. The van der Waals surface area contributed by atoms with E-state index in [0.717, 1.165) is 23.3 Å². The molecule has 0 radical (unpaired) electrons. The highest BCUT2D eigenvalue weighted by molar-refractivity contribution is 5.94. The third-order valence-corrected chi connectivity index (χ3v) is 5.06. The van der Waals surface area contributed by atoms with E-state index in [2.05, 4.69) is 22.9 Å². The number of amides is 1. The minimum absolute atomic E-state index is 0.0527. The van der Waals surface area contributed by atoms with Crippen molar-refractivity contribution in [2.45, 2.75) is 38.5 Å². The maximum absolute atomic E-state index is 14.7. The van der Waals surface area contributed by atoms with E-state index in [1.807, 2.05) is 23.6 Å². The molecule has 0 saturated carbocycles. The molecule has 1 aromatic carbocycles. The van der Waals surface area contributed by atoms with Gasteiger partial charge in [0, 0.05) is 12.1 Å². The third kappa shape index (κ3) is 3.35. The van der Waals surface area contributed by atoms with Crippen LogP contribution >= 0.6 is 0 Å². The molecule has 2 bridgehead atoms. The highest BCUT2D eigenvalue weighted by Gasteiger charge is 2.36. The number of hydrogen-bond acceptors (Lipinski definition) is 4. The topological polar surface area (TPSA) is 84.4 Å². The largest absolute Gasteiger partial charge is 0.378 e. The first-order valence-corrected chi connectivity index (χ1v) is 9.41. The van der Waals surface area contributed by atoms with E-state index >= 15 is 0 Å². The number of halogens is 1. The number of hydrogen-bond donors (Lipinski definition) is 2. The highest BCUT2D eigenvalue weighted by Crippen LogP contribution is 2.48. The summed E-state index contributed by atoms with van der Waals surface area (Å²) in [6.45, 7) is 3.59. The van der Waals surface area contributed by atoms with Crippen LogP contribution in [0, 0.1) is 17.7 Å². The number of aromatic nitrogens is 2. The molecule has 0 fully saturated rings. The highest BCUT2D eigenvalue weighted by atomic mass is 19.1. The Kier molecular flexibility index (Phi) is 4.37. The maximum Gasteiger partial charge on any atom is 0.269 e. The second-order valence-corrected chi connectivity index (χ2v) is 8.35. The first-order chi connectivity index (χ1) is 13.5. The van der Waals surface area contributed by atoms with Gasteiger partial charge in [-0.15, -0.1) is 0 Å². The van der Waals surface area contributed by atoms with Crippen molar-refractivity contribution in [2.24, 2.45) is 5.73 Å². The Hall–Kier alpha value is -2.95. The Labute approximate surface area is 168 Å². The van der Waals surface area contributed by atoms with Crippen LogP contribution in [0.2, 0.25) is 0 Å². The molecule has 7 heteroatoms. The van der Waals surface area contributed by atoms with Crippen LogP contribution < -0.4 is 5.73 Å². The molecule has 0 spiro atoms. The summed E-state index contributed by atoms with van der Waals surface area (Å²) in [7, 11) is 3.83.